The topological polar surface area (TPSA) is 46.5 Å². The maximum atomic E-state index is 13.2. The zero-order chi connectivity index (χ0) is 16.2. The molecule has 2 aromatic carbocycles. The van der Waals surface area contributed by atoms with E-state index >= 15 is 0 Å². The first kappa shape index (κ1) is 13.7. The Morgan fingerprint density at radius 1 is 1.00 bits per heavy atom. The Kier molecular flexibility index (Phi) is 2.72. The van der Waals surface area contributed by atoms with Crippen molar-refractivity contribution in [3.8, 4) is 5.95 Å². The number of aromatic amines is 1. The Hall–Kier alpha value is -2.90. The second-order valence-electron chi connectivity index (χ2n) is 5.04. The number of fused-ring (bicyclic) bond motifs is 2. The third kappa shape index (κ3) is 2.23. The summed E-state index contributed by atoms with van der Waals surface area (Å²) < 4.78 is 52.9. The predicted molar refractivity (Wildman–Crippen MR) is 75.7 cm³/mol. The Labute approximate surface area is 126 Å². The first-order valence-corrected chi connectivity index (χ1v) is 6.62. The van der Waals surface area contributed by atoms with Crippen molar-refractivity contribution in [1.29, 1.82) is 0 Å². The summed E-state index contributed by atoms with van der Waals surface area (Å²) in [6, 6.07) is 7.41. The lowest BCUT2D eigenvalue weighted by Gasteiger charge is -2.06. The van der Waals surface area contributed by atoms with Gasteiger partial charge in [0.1, 0.15) is 12.1 Å². The second kappa shape index (κ2) is 4.55. The maximum Gasteiger partial charge on any atom is 0.416 e. The highest BCUT2D eigenvalue weighted by molar-refractivity contribution is 5.80. The van der Waals surface area contributed by atoms with Gasteiger partial charge in [0.15, 0.2) is 0 Å². The number of nitrogens with zero attached hydrogens (tertiary/aromatic N) is 3. The van der Waals surface area contributed by atoms with Crippen LogP contribution in [0.2, 0.25) is 0 Å². The second-order valence-corrected chi connectivity index (χ2v) is 5.04. The quantitative estimate of drug-likeness (QED) is 0.538. The maximum absolute atomic E-state index is 13.2. The normalized spacial score (nSPS) is 12.3. The van der Waals surface area contributed by atoms with E-state index in [1.54, 1.807) is 0 Å². The minimum absolute atomic E-state index is 0.200. The van der Waals surface area contributed by atoms with Crippen LogP contribution >= 0.6 is 0 Å². The lowest BCUT2D eigenvalue weighted by molar-refractivity contribution is -0.137. The molecule has 2 aromatic heterocycles. The lowest BCUT2D eigenvalue weighted by atomic mass is 10.2. The molecule has 0 spiro atoms. The molecule has 8 heteroatoms. The first-order valence-electron chi connectivity index (χ1n) is 6.62. The average Bonchev–Trinajstić information content (AvgIpc) is 3.07. The number of hydrogen-bond acceptors (Lipinski definition) is 2. The summed E-state index contributed by atoms with van der Waals surface area (Å²) >= 11 is 0. The summed E-state index contributed by atoms with van der Waals surface area (Å²) in [6.45, 7) is 0. The van der Waals surface area contributed by atoms with E-state index in [0.29, 0.717) is 22.5 Å². The third-order valence-electron chi connectivity index (χ3n) is 3.53. The molecule has 1 N–H and O–H groups in total. The average molecular weight is 320 g/mol. The predicted octanol–water partition coefficient (Wildman–Crippen LogP) is 4.06. The highest BCUT2D eigenvalue weighted by Crippen LogP contribution is 2.31. The van der Waals surface area contributed by atoms with Gasteiger partial charge in [-0.15, -0.1) is 0 Å². The van der Waals surface area contributed by atoms with E-state index in [9.17, 15) is 17.6 Å². The number of rotatable bonds is 1. The molecule has 0 atom stereocenters. The molecule has 0 aliphatic rings. The summed E-state index contributed by atoms with van der Waals surface area (Å²) in [6.07, 6.45) is -3.05. The molecule has 0 saturated carbocycles. The van der Waals surface area contributed by atoms with Crippen LogP contribution in [-0.4, -0.2) is 19.5 Å². The smallest absolute Gasteiger partial charge is 0.323 e. The van der Waals surface area contributed by atoms with Gasteiger partial charge in [0.05, 0.1) is 27.6 Å². The highest BCUT2D eigenvalue weighted by Gasteiger charge is 2.30. The Morgan fingerprint density at radius 3 is 2.61 bits per heavy atom. The summed E-state index contributed by atoms with van der Waals surface area (Å²) in [7, 11) is 0. The zero-order valence-electron chi connectivity index (χ0n) is 11.4. The van der Waals surface area contributed by atoms with Crippen LogP contribution in [0, 0.1) is 5.82 Å². The molecular formula is C15H8F4N4. The van der Waals surface area contributed by atoms with Crippen molar-refractivity contribution in [3.63, 3.8) is 0 Å². The molecule has 0 bridgehead atoms. The van der Waals surface area contributed by atoms with E-state index in [4.69, 9.17) is 0 Å². The van der Waals surface area contributed by atoms with Crippen LogP contribution in [0.5, 0.6) is 0 Å². The molecule has 0 aliphatic heterocycles. The van der Waals surface area contributed by atoms with Crippen molar-refractivity contribution in [2.45, 2.75) is 6.18 Å². The molecule has 4 nitrogen and oxygen atoms in total. The largest absolute Gasteiger partial charge is 0.416 e. The molecule has 0 aliphatic carbocycles. The zero-order valence-corrected chi connectivity index (χ0v) is 11.4. The van der Waals surface area contributed by atoms with Crippen LogP contribution in [0.25, 0.3) is 28.0 Å². The van der Waals surface area contributed by atoms with E-state index in [2.05, 4.69) is 15.0 Å². The molecule has 0 amide bonds. The van der Waals surface area contributed by atoms with Crippen LogP contribution < -0.4 is 0 Å². The fourth-order valence-electron chi connectivity index (χ4n) is 2.44. The van der Waals surface area contributed by atoms with E-state index < -0.39 is 17.6 Å². The number of H-pyrrole nitrogens is 1. The Balaban J connectivity index is 1.87. The van der Waals surface area contributed by atoms with E-state index in [1.165, 1.54) is 35.2 Å². The number of nitrogens with one attached hydrogen (secondary N) is 1. The number of hydrogen-bond donors (Lipinski definition) is 1. The number of imidazole rings is 2. The SMILES string of the molecule is Fc1ccc2nc(-n3cnc4cc(C(F)(F)F)ccc43)[nH]c2c1. The number of benzene rings is 2. The summed E-state index contributed by atoms with van der Waals surface area (Å²) in [5, 5.41) is 0. The van der Waals surface area contributed by atoms with Crippen LogP contribution in [0.15, 0.2) is 42.7 Å². The molecule has 116 valence electrons. The van der Waals surface area contributed by atoms with Crippen molar-refractivity contribution in [2.24, 2.45) is 0 Å². The van der Waals surface area contributed by atoms with Gasteiger partial charge in [-0.25, -0.2) is 14.4 Å². The summed E-state index contributed by atoms with van der Waals surface area (Å²) in [4.78, 5) is 11.2. The molecule has 0 fully saturated rings. The summed E-state index contributed by atoms with van der Waals surface area (Å²) in [5.74, 6) is -0.0501. The van der Waals surface area contributed by atoms with E-state index in [1.807, 2.05) is 0 Å². The Morgan fingerprint density at radius 2 is 1.83 bits per heavy atom. The van der Waals surface area contributed by atoms with Gasteiger partial charge in [0, 0.05) is 0 Å². The standard InChI is InChI=1S/C15H8F4N4/c16-9-2-3-10-11(6-9)22-14(21-10)23-7-20-12-5-8(15(17,18)19)1-4-13(12)23/h1-7H,(H,21,22). The number of aromatic nitrogens is 4. The van der Waals surface area contributed by atoms with Gasteiger partial charge in [0.25, 0.3) is 0 Å². The van der Waals surface area contributed by atoms with E-state index in [-0.39, 0.29) is 5.52 Å². The minimum Gasteiger partial charge on any atom is -0.323 e. The van der Waals surface area contributed by atoms with Gasteiger partial charge in [-0.3, -0.25) is 4.57 Å². The van der Waals surface area contributed by atoms with Crippen LogP contribution in [-0.2, 0) is 6.18 Å². The van der Waals surface area contributed by atoms with Gasteiger partial charge in [0.2, 0.25) is 5.95 Å². The summed E-state index contributed by atoms with van der Waals surface area (Å²) in [5.41, 5.74) is 0.954. The highest BCUT2D eigenvalue weighted by atomic mass is 19.4. The van der Waals surface area contributed by atoms with Crippen LogP contribution in [0.4, 0.5) is 17.6 Å². The van der Waals surface area contributed by atoms with Gasteiger partial charge in [-0.1, -0.05) is 0 Å². The molecule has 23 heavy (non-hydrogen) atoms. The van der Waals surface area contributed by atoms with Gasteiger partial charge in [-0.05, 0) is 36.4 Å². The van der Waals surface area contributed by atoms with Gasteiger partial charge in [-0.2, -0.15) is 13.2 Å². The molecular weight excluding hydrogens is 312 g/mol. The van der Waals surface area contributed by atoms with Crippen molar-refractivity contribution in [3.05, 3.63) is 54.1 Å². The number of halogens is 4. The molecule has 0 saturated heterocycles. The van der Waals surface area contributed by atoms with E-state index in [0.717, 1.165) is 12.1 Å². The fraction of sp³-hybridized carbons (Fsp3) is 0.0667. The number of alkyl halides is 3. The molecule has 4 aromatic rings. The van der Waals surface area contributed by atoms with Crippen molar-refractivity contribution >= 4 is 22.1 Å². The van der Waals surface area contributed by atoms with Gasteiger partial charge >= 0.3 is 6.18 Å². The fourth-order valence-corrected chi connectivity index (χ4v) is 2.44. The molecule has 2 heterocycles. The van der Waals surface area contributed by atoms with Crippen molar-refractivity contribution in [2.75, 3.05) is 0 Å². The minimum atomic E-state index is -4.42. The van der Waals surface area contributed by atoms with Crippen LogP contribution in [0.1, 0.15) is 5.56 Å². The van der Waals surface area contributed by atoms with Crippen molar-refractivity contribution in [1.82, 2.24) is 19.5 Å². The third-order valence-corrected chi connectivity index (χ3v) is 3.53. The molecule has 4 rings (SSSR count). The molecule has 0 unspecified atom stereocenters. The lowest BCUT2D eigenvalue weighted by Crippen LogP contribution is -2.04. The first-order chi connectivity index (χ1) is 10.9. The van der Waals surface area contributed by atoms with Crippen molar-refractivity contribution < 1.29 is 17.6 Å². The monoisotopic (exact) mass is 320 g/mol. The Bertz CT molecular complexity index is 1030. The molecule has 0 radical (unpaired) electrons. The van der Waals surface area contributed by atoms with Gasteiger partial charge < -0.3 is 4.98 Å². The van der Waals surface area contributed by atoms with Crippen LogP contribution in [0.3, 0.4) is 0 Å².